The molecule has 0 bridgehead atoms. The number of carbonyl (C=O) groups excluding carboxylic acids is 2. The number of rotatable bonds is 5. The van der Waals surface area contributed by atoms with E-state index >= 15 is 0 Å². The molecule has 1 N–H and O–H groups in total. The number of carbonyl (C=O) groups is 2. The van der Waals surface area contributed by atoms with E-state index in [-0.39, 0.29) is 18.5 Å². The maximum Gasteiger partial charge on any atom is 0.325 e. The Bertz CT molecular complexity index is 819. The normalized spacial score (nSPS) is 17.1. The maximum absolute atomic E-state index is 12.6. The summed E-state index contributed by atoms with van der Waals surface area (Å²) in [6, 6.07) is 17.2. The van der Waals surface area contributed by atoms with Crippen LogP contribution in [0.4, 0.5) is 21.9 Å². The Morgan fingerprint density at radius 1 is 0.893 bits per heavy atom. The van der Waals surface area contributed by atoms with Gasteiger partial charge in [-0.1, -0.05) is 18.2 Å². The molecule has 0 spiro atoms. The molecule has 0 atom stereocenters. The van der Waals surface area contributed by atoms with E-state index in [1.54, 1.807) is 9.80 Å². The topological polar surface area (TPSA) is 65.1 Å². The maximum atomic E-state index is 12.6. The van der Waals surface area contributed by atoms with Gasteiger partial charge in [0, 0.05) is 43.2 Å². The summed E-state index contributed by atoms with van der Waals surface area (Å²) in [7, 11) is 0. The van der Waals surface area contributed by atoms with Crippen LogP contribution in [0.5, 0.6) is 0 Å². The van der Waals surface area contributed by atoms with Gasteiger partial charge in [0.15, 0.2) is 0 Å². The number of amides is 3. The summed E-state index contributed by atoms with van der Waals surface area (Å²) in [4.78, 5) is 30.5. The lowest BCUT2D eigenvalue weighted by atomic mass is 10.2. The molecule has 2 aliphatic rings. The van der Waals surface area contributed by atoms with Gasteiger partial charge < -0.3 is 19.9 Å². The number of urea groups is 1. The van der Waals surface area contributed by atoms with Gasteiger partial charge in [0.25, 0.3) is 0 Å². The SMILES string of the molecule is O=C(CN1CCN(c2ccccc2)C1=O)Nc1ccc(N2CCOCC2)cc1. The van der Waals surface area contributed by atoms with Gasteiger partial charge in [-0.2, -0.15) is 0 Å². The molecular formula is C21H24N4O3. The average Bonchev–Trinajstić information content (AvgIpc) is 3.10. The highest BCUT2D eigenvalue weighted by atomic mass is 16.5. The van der Waals surface area contributed by atoms with Crippen LogP contribution in [-0.4, -0.2) is 62.8 Å². The van der Waals surface area contributed by atoms with E-state index in [9.17, 15) is 9.59 Å². The van der Waals surface area contributed by atoms with Crippen LogP contribution < -0.4 is 15.1 Å². The Morgan fingerprint density at radius 2 is 1.61 bits per heavy atom. The highest BCUT2D eigenvalue weighted by Gasteiger charge is 2.30. The third-order valence-electron chi connectivity index (χ3n) is 5.02. The van der Waals surface area contributed by atoms with Crippen molar-refractivity contribution in [1.29, 1.82) is 0 Å². The smallest absolute Gasteiger partial charge is 0.325 e. The van der Waals surface area contributed by atoms with Crippen LogP contribution in [0.1, 0.15) is 0 Å². The number of nitrogens with zero attached hydrogens (tertiary/aromatic N) is 3. The van der Waals surface area contributed by atoms with Crippen molar-refractivity contribution in [3.8, 4) is 0 Å². The van der Waals surface area contributed by atoms with E-state index in [2.05, 4.69) is 10.2 Å². The van der Waals surface area contributed by atoms with E-state index in [4.69, 9.17) is 4.74 Å². The van der Waals surface area contributed by atoms with Gasteiger partial charge in [-0.15, -0.1) is 0 Å². The minimum Gasteiger partial charge on any atom is -0.378 e. The Balaban J connectivity index is 1.31. The van der Waals surface area contributed by atoms with Gasteiger partial charge in [-0.05, 0) is 36.4 Å². The van der Waals surface area contributed by atoms with Gasteiger partial charge in [0.2, 0.25) is 5.91 Å². The van der Waals surface area contributed by atoms with Gasteiger partial charge in [0.1, 0.15) is 6.54 Å². The molecule has 0 aromatic heterocycles. The van der Waals surface area contributed by atoms with Gasteiger partial charge in [-0.3, -0.25) is 9.69 Å². The third kappa shape index (κ3) is 4.09. The summed E-state index contributed by atoms with van der Waals surface area (Å²) >= 11 is 0. The molecule has 2 aliphatic heterocycles. The Kier molecular flexibility index (Phi) is 5.43. The Hall–Kier alpha value is -3.06. The summed E-state index contributed by atoms with van der Waals surface area (Å²) in [6.07, 6.45) is 0. The summed E-state index contributed by atoms with van der Waals surface area (Å²) in [5.41, 5.74) is 2.71. The van der Waals surface area contributed by atoms with Crippen molar-refractivity contribution in [2.75, 3.05) is 61.1 Å². The standard InChI is InChI=1S/C21H24N4O3/c26-20(16-24-10-11-25(21(24)27)19-4-2-1-3-5-19)22-17-6-8-18(9-7-17)23-12-14-28-15-13-23/h1-9H,10-16H2,(H,22,26). The van der Waals surface area contributed by atoms with Crippen molar-refractivity contribution < 1.29 is 14.3 Å². The minimum atomic E-state index is -0.192. The molecule has 0 aliphatic carbocycles. The molecule has 0 radical (unpaired) electrons. The number of nitrogens with one attached hydrogen (secondary N) is 1. The number of para-hydroxylation sites is 1. The summed E-state index contributed by atoms with van der Waals surface area (Å²) in [6.45, 7) is 4.40. The van der Waals surface area contributed by atoms with E-state index in [1.165, 1.54) is 0 Å². The molecule has 0 unspecified atom stereocenters. The van der Waals surface area contributed by atoms with Gasteiger partial charge in [-0.25, -0.2) is 4.79 Å². The van der Waals surface area contributed by atoms with Crippen LogP contribution in [-0.2, 0) is 9.53 Å². The molecular weight excluding hydrogens is 356 g/mol. The minimum absolute atomic E-state index is 0.0490. The van der Waals surface area contributed by atoms with Crippen molar-refractivity contribution in [3.05, 3.63) is 54.6 Å². The van der Waals surface area contributed by atoms with Crippen LogP contribution in [0.3, 0.4) is 0 Å². The molecule has 4 rings (SSSR count). The molecule has 2 aromatic rings. The molecule has 2 aromatic carbocycles. The van der Waals surface area contributed by atoms with Crippen molar-refractivity contribution in [3.63, 3.8) is 0 Å². The highest BCUT2D eigenvalue weighted by molar-refractivity contribution is 5.99. The third-order valence-corrected chi connectivity index (χ3v) is 5.02. The zero-order valence-electron chi connectivity index (χ0n) is 15.7. The predicted octanol–water partition coefficient (Wildman–Crippen LogP) is 2.40. The fourth-order valence-electron chi connectivity index (χ4n) is 3.53. The molecule has 3 amide bonds. The molecule has 2 fully saturated rings. The summed E-state index contributed by atoms with van der Waals surface area (Å²) < 4.78 is 5.37. The van der Waals surface area contributed by atoms with Crippen LogP contribution in [0, 0.1) is 0 Å². The largest absolute Gasteiger partial charge is 0.378 e. The lowest BCUT2D eigenvalue weighted by molar-refractivity contribution is -0.116. The molecule has 2 heterocycles. The van der Waals surface area contributed by atoms with Crippen molar-refractivity contribution >= 4 is 29.0 Å². The number of benzene rings is 2. The lowest BCUT2D eigenvalue weighted by Crippen LogP contribution is -2.37. The Labute approximate surface area is 164 Å². The average molecular weight is 380 g/mol. The fraction of sp³-hybridized carbons (Fsp3) is 0.333. The molecule has 7 nitrogen and oxygen atoms in total. The highest BCUT2D eigenvalue weighted by Crippen LogP contribution is 2.21. The second-order valence-electron chi connectivity index (χ2n) is 6.89. The lowest BCUT2D eigenvalue weighted by Gasteiger charge is -2.28. The first-order chi connectivity index (χ1) is 13.7. The molecule has 7 heteroatoms. The number of hydrogen-bond donors (Lipinski definition) is 1. The second-order valence-corrected chi connectivity index (χ2v) is 6.89. The fourth-order valence-corrected chi connectivity index (χ4v) is 3.53. The van der Waals surface area contributed by atoms with Crippen molar-refractivity contribution in [1.82, 2.24) is 4.90 Å². The van der Waals surface area contributed by atoms with E-state index < -0.39 is 0 Å². The van der Waals surface area contributed by atoms with E-state index in [0.717, 1.165) is 43.4 Å². The first-order valence-corrected chi connectivity index (χ1v) is 9.55. The second kappa shape index (κ2) is 8.31. The van der Waals surface area contributed by atoms with Gasteiger partial charge >= 0.3 is 6.03 Å². The van der Waals surface area contributed by atoms with E-state index in [1.807, 2.05) is 54.6 Å². The molecule has 0 saturated carbocycles. The number of ether oxygens (including phenoxy) is 1. The van der Waals surface area contributed by atoms with Gasteiger partial charge in [0.05, 0.1) is 13.2 Å². The molecule has 28 heavy (non-hydrogen) atoms. The zero-order valence-corrected chi connectivity index (χ0v) is 15.7. The number of hydrogen-bond acceptors (Lipinski definition) is 4. The summed E-state index contributed by atoms with van der Waals surface area (Å²) in [5, 5.41) is 2.88. The van der Waals surface area contributed by atoms with Crippen LogP contribution >= 0.6 is 0 Å². The quantitative estimate of drug-likeness (QED) is 0.865. The number of morpholine rings is 1. The Morgan fingerprint density at radius 3 is 2.32 bits per heavy atom. The van der Waals surface area contributed by atoms with Crippen LogP contribution in [0.25, 0.3) is 0 Å². The first-order valence-electron chi connectivity index (χ1n) is 9.55. The molecule has 146 valence electrons. The monoisotopic (exact) mass is 380 g/mol. The van der Waals surface area contributed by atoms with Crippen LogP contribution in [0.15, 0.2) is 54.6 Å². The zero-order chi connectivity index (χ0) is 19.3. The van der Waals surface area contributed by atoms with E-state index in [0.29, 0.717) is 13.1 Å². The first kappa shape index (κ1) is 18.3. The van der Waals surface area contributed by atoms with Crippen molar-refractivity contribution in [2.45, 2.75) is 0 Å². The van der Waals surface area contributed by atoms with Crippen molar-refractivity contribution in [2.24, 2.45) is 0 Å². The number of anilines is 3. The summed E-state index contributed by atoms with van der Waals surface area (Å²) in [5.74, 6) is -0.192. The molecule has 2 saturated heterocycles. The predicted molar refractivity (Wildman–Crippen MR) is 109 cm³/mol. The van der Waals surface area contributed by atoms with Crippen LogP contribution in [0.2, 0.25) is 0 Å².